The molecule has 0 saturated carbocycles. The molecule has 2 amide bonds. The molecule has 2 aromatic rings. The second-order valence-electron chi connectivity index (χ2n) is 5.65. The summed E-state index contributed by atoms with van der Waals surface area (Å²) in [4.78, 5) is 31.2. The molecule has 1 aromatic carbocycles. The number of rotatable bonds is 3. The number of anilines is 1. The van der Waals surface area contributed by atoms with E-state index in [4.69, 9.17) is 5.73 Å². The lowest BCUT2D eigenvalue weighted by Gasteiger charge is -2.23. The number of aromatic nitrogens is 1. The van der Waals surface area contributed by atoms with E-state index in [2.05, 4.69) is 4.98 Å². The molecule has 1 atom stereocenters. The van der Waals surface area contributed by atoms with Gasteiger partial charge in [-0.3, -0.25) is 14.5 Å². The Kier molecular flexibility index (Phi) is 3.70. The van der Waals surface area contributed by atoms with Crippen molar-refractivity contribution in [2.24, 2.45) is 5.73 Å². The van der Waals surface area contributed by atoms with Crippen molar-refractivity contribution in [1.82, 2.24) is 4.98 Å². The van der Waals surface area contributed by atoms with Crippen molar-refractivity contribution >= 4 is 28.8 Å². The zero-order chi connectivity index (χ0) is 15.9. The van der Waals surface area contributed by atoms with Crippen LogP contribution in [0.4, 0.5) is 5.69 Å². The molecule has 1 aliphatic rings. The Morgan fingerprint density at radius 3 is 2.77 bits per heavy atom. The predicted molar refractivity (Wildman–Crippen MR) is 86.1 cm³/mol. The molecule has 2 N–H and O–H groups in total. The SMILES string of the molecule is CC(C)c1ncsc1C(=O)N1c2ccccc2C[C@H]1C(N)=O. The Morgan fingerprint density at radius 2 is 2.09 bits per heavy atom. The summed E-state index contributed by atoms with van der Waals surface area (Å²) < 4.78 is 0. The Balaban J connectivity index is 2.06. The van der Waals surface area contributed by atoms with Gasteiger partial charge >= 0.3 is 0 Å². The molecule has 0 saturated heterocycles. The van der Waals surface area contributed by atoms with Crippen LogP contribution in [-0.4, -0.2) is 22.8 Å². The smallest absolute Gasteiger partial charge is 0.271 e. The van der Waals surface area contributed by atoms with Crippen LogP contribution in [0.3, 0.4) is 0 Å². The van der Waals surface area contributed by atoms with E-state index in [1.165, 1.54) is 16.2 Å². The largest absolute Gasteiger partial charge is 0.368 e. The number of primary amides is 1. The topological polar surface area (TPSA) is 76.3 Å². The van der Waals surface area contributed by atoms with Gasteiger partial charge in [-0.2, -0.15) is 0 Å². The fourth-order valence-corrected chi connectivity index (χ4v) is 3.68. The maximum Gasteiger partial charge on any atom is 0.271 e. The second kappa shape index (κ2) is 5.53. The fourth-order valence-electron chi connectivity index (χ4n) is 2.80. The zero-order valence-electron chi connectivity index (χ0n) is 12.4. The average Bonchev–Trinajstić information content (AvgIpc) is 3.11. The second-order valence-corrected chi connectivity index (χ2v) is 6.50. The highest BCUT2D eigenvalue weighted by atomic mass is 32.1. The molecule has 0 unspecified atom stereocenters. The summed E-state index contributed by atoms with van der Waals surface area (Å²) in [6, 6.07) is 6.91. The molecule has 1 aliphatic heterocycles. The van der Waals surface area contributed by atoms with Crippen LogP contribution in [0.5, 0.6) is 0 Å². The van der Waals surface area contributed by atoms with Crippen molar-refractivity contribution in [2.45, 2.75) is 32.2 Å². The first-order valence-electron chi connectivity index (χ1n) is 7.15. The molecule has 0 radical (unpaired) electrons. The van der Waals surface area contributed by atoms with E-state index in [0.717, 1.165) is 16.9 Å². The number of hydrogen-bond acceptors (Lipinski definition) is 4. The number of benzene rings is 1. The van der Waals surface area contributed by atoms with Crippen molar-refractivity contribution in [2.75, 3.05) is 4.90 Å². The molecule has 6 heteroatoms. The third-order valence-corrected chi connectivity index (χ3v) is 4.69. The number of hydrogen-bond donors (Lipinski definition) is 1. The molecular weight excluding hydrogens is 298 g/mol. The van der Waals surface area contributed by atoms with Crippen molar-refractivity contribution < 1.29 is 9.59 Å². The van der Waals surface area contributed by atoms with Gasteiger partial charge in [0, 0.05) is 12.1 Å². The molecule has 114 valence electrons. The van der Waals surface area contributed by atoms with Crippen LogP contribution >= 0.6 is 11.3 Å². The van der Waals surface area contributed by atoms with E-state index in [9.17, 15) is 9.59 Å². The normalized spacial score (nSPS) is 16.9. The summed E-state index contributed by atoms with van der Waals surface area (Å²) in [6.07, 6.45) is 0.465. The number of thiazole rings is 1. The van der Waals surface area contributed by atoms with Crippen LogP contribution in [0.2, 0.25) is 0 Å². The molecule has 22 heavy (non-hydrogen) atoms. The number of nitrogens with two attached hydrogens (primary N) is 1. The van der Waals surface area contributed by atoms with Crippen molar-refractivity contribution in [1.29, 1.82) is 0 Å². The minimum atomic E-state index is -0.632. The number of nitrogens with zero attached hydrogens (tertiary/aromatic N) is 2. The molecule has 2 heterocycles. The standard InChI is InChI=1S/C16H17N3O2S/c1-9(2)13-14(22-8-18-13)16(21)19-11-6-4-3-5-10(11)7-12(19)15(17)20/h3-6,8-9,12H,7H2,1-2H3,(H2,17,20)/t12-/m0/s1. The van der Waals surface area contributed by atoms with Gasteiger partial charge in [-0.05, 0) is 17.5 Å². The number of carbonyl (C=O) groups is 2. The number of amides is 2. The van der Waals surface area contributed by atoms with Gasteiger partial charge in [0.05, 0.1) is 11.2 Å². The fraction of sp³-hybridized carbons (Fsp3) is 0.312. The maximum atomic E-state index is 13.0. The first-order valence-corrected chi connectivity index (χ1v) is 8.02. The number of para-hydroxylation sites is 1. The van der Waals surface area contributed by atoms with Crippen molar-refractivity contribution in [3.05, 3.63) is 45.9 Å². The van der Waals surface area contributed by atoms with E-state index in [1.807, 2.05) is 38.1 Å². The lowest BCUT2D eigenvalue weighted by Crippen LogP contribution is -2.46. The monoisotopic (exact) mass is 315 g/mol. The number of carbonyl (C=O) groups excluding carboxylic acids is 2. The minimum Gasteiger partial charge on any atom is -0.368 e. The van der Waals surface area contributed by atoms with Gasteiger partial charge in [0.2, 0.25) is 5.91 Å². The van der Waals surface area contributed by atoms with E-state index >= 15 is 0 Å². The van der Waals surface area contributed by atoms with Gasteiger partial charge in [-0.1, -0.05) is 32.0 Å². The van der Waals surface area contributed by atoms with E-state index in [1.54, 1.807) is 5.51 Å². The minimum absolute atomic E-state index is 0.148. The first kappa shape index (κ1) is 14.7. The van der Waals surface area contributed by atoms with Gasteiger partial charge in [0.1, 0.15) is 10.9 Å². The highest BCUT2D eigenvalue weighted by Gasteiger charge is 2.38. The lowest BCUT2D eigenvalue weighted by atomic mass is 10.1. The lowest BCUT2D eigenvalue weighted by molar-refractivity contribution is -0.119. The number of fused-ring (bicyclic) bond motifs is 1. The van der Waals surface area contributed by atoms with Crippen LogP contribution in [-0.2, 0) is 11.2 Å². The van der Waals surface area contributed by atoms with Crippen LogP contribution in [0.1, 0.15) is 40.7 Å². The maximum absolute atomic E-state index is 13.0. The van der Waals surface area contributed by atoms with E-state index in [-0.39, 0.29) is 11.8 Å². The summed E-state index contributed by atoms with van der Waals surface area (Å²) in [7, 11) is 0. The van der Waals surface area contributed by atoms with Crippen molar-refractivity contribution in [3.63, 3.8) is 0 Å². The Labute approximate surface area is 132 Å². The van der Waals surface area contributed by atoms with Crippen LogP contribution in [0, 0.1) is 0 Å². The van der Waals surface area contributed by atoms with Gasteiger partial charge in [0.15, 0.2) is 0 Å². The molecular formula is C16H17N3O2S. The average molecular weight is 315 g/mol. The van der Waals surface area contributed by atoms with E-state index in [0.29, 0.717) is 11.3 Å². The summed E-state index contributed by atoms with van der Waals surface area (Å²) in [5, 5.41) is 0. The van der Waals surface area contributed by atoms with Gasteiger partial charge in [-0.25, -0.2) is 4.98 Å². The molecule has 0 bridgehead atoms. The third kappa shape index (κ3) is 2.29. The molecule has 1 aromatic heterocycles. The Bertz CT molecular complexity index is 738. The molecule has 0 fully saturated rings. The summed E-state index contributed by atoms with van der Waals surface area (Å²) in [5.41, 5.74) is 9.68. The van der Waals surface area contributed by atoms with E-state index < -0.39 is 11.9 Å². The molecule has 3 rings (SSSR count). The van der Waals surface area contributed by atoms with Crippen LogP contribution < -0.4 is 10.6 Å². The first-order chi connectivity index (χ1) is 10.5. The quantitative estimate of drug-likeness (QED) is 0.944. The Hall–Kier alpha value is -2.21. The predicted octanol–water partition coefficient (Wildman–Crippen LogP) is 2.32. The third-order valence-electron chi connectivity index (χ3n) is 3.86. The molecule has 0 spiro atoms. The summed E-state index contributed by atoms with van der Waals surface area (Å²) in [5.74, 6) is -0.532. The zero-order valence-corrected chi connectivity index (χ0v) is 13.3. The summed E-state index contributed by atoms with van der Waals surface area (Å²) >= 11 is 1.31. The molecule has 5 nitrogen and oxygen atoms in total. The van der Waals surface area contributed by atoms with Crippen LogP contribution in [0.15, 0.2) is 29.8 Å². The summed E-state index contributed by atoms with van der Waals surface area (Å²) in [6.45, 7) is 3.99. The van der Waals surface area contributed by atoms with Crippen LogP contribution in [0.25, 0.3) is 0 Å². The molecule has 0 aliphatic carbocycles. The highest BCUT2D eigenvalue weighted by molar-refractivity contribution is 7.12. The van der Waals surface area contributed by atoms with Crippen molar-refractivity contribution in [3.8, 4) is 0 Å². The highest BCUT2D eigenvalue weighted by Crippen LogP contribution is 2.35. The van der Waals surface area contributed by atoms with Gasteiger partial charge in [0.25, 0.3) is 5.91 Å². The Morgan fingerprint density at radius 1 is 1.36 bits per heavy atom. The van der Waals surface area contributed by atoms with Gasteiger partial charge < -0.3 is 5.73 Å². The van der Waals surface area contributed by atoms with Gasteiger partial charge in [-0.15, -0.1) is 11.3 Å².